The molecule has 1 heterocycles. The Morgan fingerprint density at radius 2 is 2.05 bits per heavy atom. The molecule has 0 aliphatic carbocycles. The third-order valence-electron chi connectivity index (χ3n) is 2.77. The number of carbonyl (C=O) groups excluding carboxylic acids is 2. The smallest absolute Gasteiger partial charge is 0.354 e. The zero-order valence-electron chi connectivity index (χ0n) is 11.9. The van der Waals surface area contributed by atoms with Crippen LogP contribution in [0.2, 0.25) is 0 Å². The molecule has 1 aromatic heterocycles. The zero-order chi connectivity index (χ0) is 15.8. The summed E-state index contributed by atoms with van der Waals surface area (Å²) in [7, 11) is 1.50. The number of hydrogen-bond donors (Lipinski definition) is 3. The fourth-order valence-corrected chi connectivity index (χ4v) is 1.52. The van der Waals surface area contributed by atoms with Gasteiger partial charge in [0.15, 0.2) is 0 Å². The van der Waals surface area contributed by atoms with Crippen LogP contribution in [0.25, 0.3) is 0 Å². The summed E-state index contributed by atoms with van der Waals surface area (Å²) in [6.07, 6.45) is 1.39. The summed E-state index contributed by atoms with van der Waals surface area (Å²) in [4.78, 5) is 38.9. The molecule has 0 aliphatic rings. The molecule has 0 bridgehead atoms. The van der Waals surface area contributed by atoms with Gasteiger partial charge in [-0.05, 0) is 18.6 Å². The lowest BCUT2D eigenvalue weighted by Gasteiger charge is -2.20. The minimum atomic E-state index is -1.10. The first-order valence-electron chi connectivity index (χ1n) is 6.39. The van der Waals surface area contributed by atoms with Crippen molar-refractivity contribution < 1.29 is 19.5 Å². The maximum atomic E-state index is 11.9. The van der Waals surface area contributed by atoms with Crippen molar-refractivity contribution >= 4 is 17.9 Å². The predicted octanol–water partition coefficient (Wildman–Crippen LogP) is 0.0573. The van der Waals surface area contributed by atoms with Gasteiger partial charge >= 0.3 is 12.0 Å². The number of amides is 3. The Kier molecular flexibility index (Phi) is 6.12. The van der Waals surface area contributed by atoms with Crippen LogP contribution in [0.4, 0.5) is 4.79 Å². The molecule has 1 rings (SSSR count). The molecule has 0 saturated heterocycles. The van der Waals surface area contributed by atoms with Crippen molar-refractivity contribution in [2.24, 2.45) is 0 Å². The summed E-state index contributed by atoms with van der Waals surface area (Å²) < 4.78 is 0. The zero-order valence-corrected chi connectivity index (χ0v) is 11.9. The number of urea groups is 1. The van der Waals surface area contributed by atoms with Gasteiger partial charge in [-0.1, -0.05) is 6.07 Å². The Balaban J connectivity index is 2.54. The first-order chi connectivity index (χ1) is 9.97. The van der Waals surface area contributed by atoms with Crippen molar-refractivity contribution in [2.75, 3.05) is 20.1 Å². The number of aromatic carboxylic acids is 1. The molecule has 0 fully saturated rings. The average Bonchev–Trinajstić information content (AvgIpc) is 2.50. The standard InChI is InChI=1S/C13H18N4O4/c1-3-17(8-11(18)14-2)13(21)16-7-9-4-5-10(12(19)20)15-6-9/h4-6H,3,7-8H2,1-2H3,(H,14,18)(H,16,21)(H,19,20). The van der Waals surface area contributed by atoms with Crippen LogP contribution in [0.1, 0.15) is 23.0 Å². The van der Waals surface area contributed by atoms with Crippen LogP contribution in [0.5, 0.6) is 0 Å². The van der Waals surface area contributed by atoms with E-state index in [-0.39, 0.29) is 30.7 Å². The minimum absolute atomic E-state index is 0.0188. The first-order valence-corrected chi connectivity index (χ1v) is 6.39. The van der Waals surface area contributed by atoms with E-state index in [4.69, 9.17) is 5.11 Å². The van der Waals surface area contributed by atoms with Crippen LogP contribution in [-0.4, -0.2) is 53.0 Å². The molecule has 0 radical (unpaired) electrons. The molecule has 3 N–H and O–H groups in total. The normalized spacial score (nSPS) is 9.81. The Morgan fingerprint density at radius 3 is 2.52 bits per heavy atom. The number of carboxylic acid groups (broad SMARTS) is 1. The van der Waals surface area contributed by atoms with Crippen molar-refractivity contribution in [3.63, 3.8) is 0 Å². The Hall–Kier alpha value is -2.64. The number of aromatic nitrogens is 1. The van der Waals surface area contributed by atoms with Gasteiger partial charge in [0.2, 0.25) is 5.91 Å². The van der Waals surface area contributed by atoms with Crippen molar-refractivity contribution in [1.82, 2.24) is 20.5 Å². The lowest BCUT2D eigenvalue weighted by Crippen LogP contribution is -2.44. The molecule has 0 spiro atoms. The number of likely N-dealkylation sites (N-methyl/N-ethyl adjacent to an activating group) is 2. The summed E-state index contributed by atoms with van der Waals surface area (Å²) in [5.41, 5.74) is 0.615. The van der Waals surface area contributed by atoms with E-state index in [2.05, 4.69) is 15.6 Å². The number of carbonyl (C=O) groups is 3. The molecule has 1 aromatic rings. The highest BCUT2D eigenvalue weighted by Crippen LogP contribution is 2.01. The minimum Gasteiger partial charge on any atom is -0.477 e. The van der Waals surface area contributed by atoms with Crippen molar-refractivity contribution in [3.8, 4) is 0 Å². The van der Waals surface area contributed by atoms with Gasteiger partial charge < -0.3 is 20.6 Å². The maximum absolute atomic E-state index is 11.9. The van der Waals surface area contributed by atoms with Crippen LogP contribution in [0.15, 0.2) is 18.3 Å². The number of pyridine rings is 1. The molecule has 0 saturated carbocycles. The fraction of sp³-hybridized carbons (Fsp3) is 0.385. The average molecular weight is 294 g/mol. The van der Waals surface area contributed by atoms with E-state index >= 15 is 0 Å². The van der Waals surface area contributed by atoms with E-state index in [0.29, 0.717) is 12.1 Å². The molecule has 114 valence electrons. The topological polar surface area (TPSA) is 112 Å². The number of carboxylic acids is 1. The molecule has 8 nitrogen and oxygen atoms in total. The SMILES string of the molecule is CCN(CC(=O)NC)C(=O)NCc1ccc(C(=O)O)nc1. The quantitative estimate of drug-likeness (QED) is 0.686. The molecular formula is C13H18N4O4. The van der Waals surface area contributed by atoms with Crippen LogP contribution in [0, 0.1) is 0 Å². The molecule has 3 amide bonds. The van der Waals surface area contributed by atoms with E-state index < -0.39 is 5.97 Å². The highest BCUT2D eigenvalue weighted by molar-refractivity contribution is 5.85. The summed E-state index contributed by atoms with van der Waals surface area (Å²) in [6, 6.07) is 2.57. The largest absolute Gasteiger partial charge is 0.477 e. The van der Waals surface area contributed by atoms with Gasteiger partial charge in [0.1, 0.15) is 12.2 Å². The highest BCUT2D eigenvalue weighted by atomic mass is 16.4. The van der Waals surface area contributed by atoms with Crippen LogP contribution < -0.4 is 10.6 Å². The second-order valence-electron chi connectivity index (χ2n) is 4.20. The number of nitrogens with one attached hydrogen (secondary N) is 2. The second kappa shape index (κ2) is 7.83. The molecule has 8 heteroatoms. The summed E-state index contributed by atoms with van der Waals surface area (Å²) >= 11 is 0. The fourth-order valence-electron chi connectivity index (χ4n) is 1.52. The predicted molar refractivity (Wildman–Crippen MR) is 74.7 cm³/mol. The number of hydrogen-bond acceptors (Lipinski definition) is 4. The van der Waals surface area contributed by atoms with Crippen LogP contribution >= 0.6 is 0 Å². The van der Waals surface area contributed by atoms with Crippen LogP contribution in [0.3, 0.4) is 0 Å². The van der Waals surface area contributed by atoms with Gasteiger partial charge in [-0.25, -0.2) is 14.6 Å². The number of nitrogens with zero attached hydrogens (tertiary/aromatic N) is 2. The molecule has 21 heavy (non-hydrogen) atoms. The molecule has 0 aromatic carbocycles. The van der Waals surface area contributed by atoms with Crippen molar-refractivity contribution in [1.29, 1.82) is 0 Å². The third-order valence-corrected chi connectivity index (χ3v) is 2.77. The molecule has 0 atom stereocenters. The summed E-state index contributed by atoms with van der Waals surface area (Å²) in [5.74, 6) is -1.35. The van der Waals surface area contributed by atoms with Gasteiger partial charge in [-0.15, -0.1) is 0 Å². The molecule has 0 unspecified atom stereocenters. The molecule has 0 aliphatic heterocycles. The van der Waals surface area contributed by atoms with Gasteiger partial charge in [0, 0.05) is 26.3 Å². The third kappa shape index (κ3) is 5.09. The van der Waals surface area contributed by atoms with E-state index in [0.717, 1.165) is 0 Å². The Labute approximate surface area is 122 Å². The Bertz CT molecular complexity index is 515. The second-order valence-corrected chi connectivity index (χ2v) is 4.20. The lowest BCUT2D eigenvalue weighted by atomic mass is 10.2. The van der Waals surface area contributed by atoms with Gasteiger partial charge in [-0.3, -0.25) is 4.79 Å². The van der Waals surface area contributed by atoms with Crippen LogP contribution in [-0.2, 0) is 11.3 Å². The van der Waals surface area contributed by atoms with E-state index in [1.807, 2.05) is 0 Å². The highest BCUT2D eigenvalue weighted by Gasteiger charge is 2.14. The maximum Gasteiger partial charge on any atom is 0.354 e. The first kappa shape index (κ1) is 16.4. The van der Waals surface area contributed by atoms with Gasteiger partial charge in [0.05, 0.1) is 0 Å². The summed E-state index contributed by atoms with van der Waals surface area (Å²) in [6.45, 7) is 2.35. The molecular weight excluding hydrogens is 276 g/mol. The van der Waals surface area contributed by atoms with Gasteiger partial charge in [-0.2, -0.15) is 0 Å². The lowest BCUT2D eigenvalue weighted by molar-refractivity contribution is -0.121. The van der Waals surface area contributed by atoms with E-state index in [1.54, 1.807) is 13.0 Å². The monoisotopic (exact) mass is 294 g/mol. The van der Waals surface area contributed by atoms with Crippen molar-refractivity contribution in [3.05, 3.63) is 29.6 Å². The van der Waals surface area contributed by atoms with E-state index in [1.165, 1.54) is 24.2 Å². The summed E-state index contributed by atoms with van der Waals surface area (Å²) in [5, 5.41) is 13.8. The number of rotatable bonds is 6. The van der Waals surface area contributed by atoms with Gasteiger partial charge in [0.25, 0.3) is 0 Å². The Morgan fingerprint density at radius 1 is 1.33 bits per heavy atom. The van der Waals surface area contributed by atoms with Crippen molar-refractivity contribution in [2.45, 2.75) is 13.5 Å². The van der Waals surface area contributed by atoms with E-state index in [9.17, 15) is 14.4 Å².